The Morgan fingerprint density at radius 1 is 1.35 bits per heavy atom. The van der Waals surface area contributed by atoms with Crippen LogP contribution in [0.3, 0.4) is 0 Å². The zero-order valence-electron chi connectivity index (χ0n) is 13.0. The Hall–Kier alpha value is -1.52. The number of aryl methyl sites for hydroxylation is 1. The first-order valence-electron chi connectivity index (χ1n) is 7.49. The van der Waals surface area contributed by atoms with Gasteiger partial charge in [0.25, 0.3) is 0 Å². The average Bonchev–Trinajstić information content (AvgIpc) is 2.86. The molecule has 122 valence electrons. The molecule has 1 N–H and O–H groups in total. The van der Waals surface area contributed by atoms with Crippen molar-refractivity contribution in [2.75, 3.05) is 6.54 Å². The third-order valence-electron chi connectivity index (χ3n) is 4.28. The standard InChI is InChI=1S/C17H18Cl2N2O2/c1-11-3-5-12(6-4-11)14-21-13(9-23-14)7-8-20-15(22)16(2)10-17(16,18)19/h3-6,9H,7-8,10H2,1-2H3,(H,20,22)/t16-/m0/s1. The molecule has 1 atom stereocenters. The van der Waals surface area contributed by atoms with Crippen molar-refractivity contribution in [2.24, 2.45) is 5.41 Å². The van der Waals surface area contributed by atoms with E-state index in [1.165, 1.54) is 5.56 Å². The number of benzene rings is 1. The molecule has 1 aliphatic rings. The maximum Gasteiger partial charge on any atom is 0.229 e. The van der Waals surface area contributed by atoms with Crippen LogP contribution in [0.4, 0.5) is 0 Å². The summed E-state index contributed by atoms with van der Waals surface area (Å²) in [7, 11) is 0. The van der Waals surface area contributed by atoms with Crippen LogP contribution in [0.15, 0.2) is 34.9 Å². The number of carbonyl (C=O) groups is 1. The van der Waals surface area contributed by atoms with Crippen LogP contribution in [-0.4, -0.2) is 21.8 Å². The zero-order chi connectivity index (χ0) is 16.7. The van der Waals surface area contributed by atoms with Crippen LogP contribution in [0.1, 0.15) is 24.6 Å². The average molecular weight is 353 g/mol. The zero-order valence-corrected chi connectivity index (χ0v) is 14.5. The van der Waals surface area contributed by atoms with Gasteiger partial charge in [-0.1, -0.05) is 17.7 Å². The molecule has 0 saturated heterocycles. The first-order chi connectivity index (χ1) is 10.8. The number of amides is 1. The van der Waals surface area contributed by atoms with Crippen LogP contribution >= 0.6 is 23.2 Å². The first kappa shape index (κ1) is 16.3. The number of oxazole rings is 1. The van der Waals surface area contributed by atoms with Crippen molar-refractivity contribution in [1.82, 2.24) is 10.3 Å². The summed E-state index contributed by atoms with van der Waals surface area (Å²) in [6, 6.07) is 7.98. The topological polar surface area (TPSA) is 55.1 Å². The van der Waals surface area contributed by atoms with Crippen LogP contribution in [-0.2, 0) is 11.2 Å². The third kappa shape index (κ3) is 3.24. The van der Waals surface area contributed by atoms with E-state index < -0.39 is 9.75 Å². The fourth-order valence-electron chi connectivity index (χ4n) is 2.40. The SMILES string of the molecule is Cc1ccc(-c2nc(CCNC(=O)[C@]3(C)CC3(Cl)Cl)co2)cc1. The molecule has 1 aliphatic carbocycles. The molecular formula is C17H18Cl2N2O2. The number of rotatable bonds is 5. The second-order valence-electron chi connectivity index (χ2n) is 6.23. The van der Waals surface area contributed by atoms with E-state index in [-0.39, 0.29) is 5.91 Å². The van der Waals surface area contributed by atoms with Gasteiger partial charge in [-0.15, -0.1) is 23.2 Å². The number of halogens is 2. The summed E-state index contributed by atoms with van der Waals surface area (Å²) in [6.45, 7) is 4.27. The molecule has 0 radical (unpaired) electrons. The van der Waals surface area contributed by atoms with Gasteiger partial charge in [-0.2, -0.15) is 0 Å². The Morgan fingerprint density at radius 3 is 2.61 bits per heavy atom. The monoisotopic (exact) mass is 352 g/mol. The van der Waals surface area contributed by atoms with Gasteiger partial charge in [-0.05, 0) is 32.4 Å². The number of carbonyl (C=O) groups excluding carboxylic acids is 1. The van der Waals surface area contributed by atoms with E-state index in [9.17, 15) is 4.79 Å². The summed E-state index contributed by atoms with van der Waals surface area (Å²) in [5, 5.41) is 2.86. The van der Waals surface area contributed by atoms with Crippen molar-refractivity contribution in [3.8, 4) is 11.5 Å². The van der Waals surface area contributed by atoms with Gasteiger partial charge in [-0.25, -0.2) is 4.98 Å². The van der Waals surface area contributed by atoms with E-state index in [4.69, 9.17) is 27.6 Å². The Balaban J connectivity index is 1.54. The molecule has 0 bridgehead atoms. The smallest absolute Gasteiger partial charge is 0.229 e. The molecule has 1 aromatic carbocycles. The Labute approximate surface area is 145 Å². The predicted molar refractivity (Wildman–Crippen MR) is 90.6 cm³/mol. The molecule has 6 heteroatoms. The first-order valence-corrected chi connectivity index (χ1v) is 8.25. The molecule has 4 nitrogen and oxygen atoms in total. The van der Waals surface area contributed by atoms with Gasteiger partial charge in [0, 0.05) is 18.5 Å². The highest BCUT2D eigenvalue weighted by molar-refractivity contribution is 6.53. The highest BCUT2D eigenvalue weighted by atomic mass is 35.5. The van der Waals surface area contributed by atoms with Gasteiger partial charge >= 0.3 is 0 Å². The van der Waals surface area contributed by atoms with Gasteiger partial charge < -0.3 is 9.73 Å². The quantitative estimate of drug-likeness (QED) is 0.830. The van der Waals surface area contributed by atoms with E-state index in [1.54, 1.807) is 13.2 Å². The molecule has 0 spiro atoms. The van der Waals surface area contributed by atoms with Gasteiger partial charge in [-0.3, -0.25) is 4.79 Å². The molecule has 1 heterocycles. The van der Waals surface area contributed by atoms with Crippen molar-refractivity contribution in [3.63, 3.8) is 0 Å². The molecule has 23 heavy (non-hydrogen) atoms. The maximum atomic E-state index is 12.1. The summed E-state index contributed by atoms with van der Waals surface area (Å²) < 4.78 is 4.55. The molecular weight excluding hydrogens is 335 g/mol. The number of nitrogens with one attached hydrogen (secondary N) is 1. The van der Waals surface area contributed by atoms with Gasteiger partial charge in [0.05, 0.1) is 11.1 Å². The van der Waals surface area contributed by atoms with Crippen molar-refractivity contribution in [2.45, 2.75) is 31.0 Å². The lowest BCUT2D eigenvalue weighted by Crippen LogP contribution is -2.34. The van der Waals surface area contributed by atoms with Crippen LogP contribution in [0.5, 0.6) is 0 Å². The molecule has 1 fully saturated rings. The molecule has 0 aliphatic heterocycles. The number of hydrogen-bond donors (Lipinski definition) is 1. The van der Waals surface area contributed by atoms with Crippen molar-refractivity contribution in [1.29, 1.82) is 0 Å². The summed E-state index contributed by atoms with van der Waals surface area (Å²) in [5.74, 6) is 0.464. The van der Waals surface area contributed by atoms with E-state index in [1.807, 2.05) is 31.2 Å². The second kappa shape index (κ2) is 5.84. The lowest BCUT2D eigenvalue weighted by atomic mass is 10.1. The Morgan fingerprint density at radius 2 is 2.00 bits per heavy atom. The minimum atomic E-state index is -0.941. The number of alkyl halides is 2. The molecule has 2 aromatic rings. The van der Waals surface area contributed by atoms with Gasteiger partial charge in [0.2, 0.25) is 11.8 Å². The molecule has 1 amide bonds. The van der Waals surface area contributed by atoms with E-state index >= 15 is 0 Å². The van der Waals surface area contributed by atoms with Crippen molar-refractivity contribution < 1.29 is 9.21 Å². The maximum absolute atomic E-state index is 12.1. The normalized spacial score (nSPS) is 21.9. The molecule has 3 rings (SSSR count). The number of hydrogen-bond acceptors (Lipinski definition) is 3. The summed E-state index contributed by atoms with van der Waals surface area (Å²) in [4.78, 5) is 16.5. The van der Waals surface area contributed by atoms with Crippen LogP contribution < -0.4 is 5.32 Å². The fraction of sp³-hybridized carbons (Fsp3) is 0.412. The minimum absolute atomic E-state index is 0.121. The Kier molecular flexibility index (Phi) is 4.15. The summed E-state index contributed by atoms with van der Waals surface area (Å²) in [5.41, 5.74) is 2.23. The predicted octanol–water partition coefficient (Wildman–Crippen LogP) is 3.89. The highest BCUT2D eigenvalue weighted by Gasteiger charge is 2.67. The molecule has 0 unspecified atom stereocenters. The third-order valence-corrected chi connectivity index (χ3v) is 5.38. The second-order valence-corrected chi connectivity index (χ2v) is 7.71. The van der Waals surface area contributed by atoms with Crippen LogP contribution in [0.2, 0.25) is 0 Å². The molecule has 1 aromatic heterocycles. The van der Waals surface area contributed by atoms with E-state index in [2.05, 4.69) is 10.3 Å². The summed E-state index contributed by atoms with van der Waals surface area (Å²) in [6.07, 6.45) is 2.69. The molecule has 1 saturated carbocycles. The fourth-order valence-corrected chi connectivity index (χ4v) is 3.10. The summed E-state index contributed by atoms with van der Waals surface area (Å²) >= 11 is 12.0. The van der Waals surface area contributed by atoms with Crippen LogP contribution in [0, 0.1) is 12.3 Å². The Bertz CT molecular complexity index is 724. The lowest BCUT2D eigenvalue weighted by molar-refractivity contribution is -0.125. The van der Waals surface area contributed by atoms with Crippen molar-refractivity contribution >= 4 is 29.1 Å². The van der Waals surface area contributed by atoms with Gasteiger partial charge in [0.15, 0.2) is 0 Å². The van der Waals surface area contributed by atoms with Crippen molar-refractivity contribution in [3.05, 3.63) is 41.8 Å². The number of nitrogens with zero attached hydrogens (tertiary/aromatic N) is 1. The van der Waals surface area contributed by atoms with Crippen LogP contribution in [0.25, 0.3) is 11.5 Å². The van der Waals surface area contributed by atoms with E-state index in [0.717, 1.165) is 11.3 Å². The lowest BCUT2D eigenvalue weighted by Gasteiger charge is -2.11. The highest BCUT2D eigenvalue weighted by Crippen LogP contribution is 2.63. The number of aromatic nitrogens is 1. The van der Waals surface area contributed by atoms with E-state index in [0.29, 0.717) is 25.3 Å². The van der Waals surface area contributed by atoms with Gasteiger partial charge in [0.1, 0.15) is 10.6 Å². The largest absolute Gasteiger partial charge is 0.444 e. The minimum Gasteiger partial charge on any atom is -0.444 e.